The molecule has 0 spiro atoms. The van der Waals surface area contributed by atoms with E-state index < -0.39 is 30.4 Å². The average molecular weight is 283 g/mol. The summed E-state index contributed by atoms with van der Waals surface area (Å²) in [5, 5.41) is 36.6. The number of hydroxylamine groups is 1. The van der Waals surface area contributed by atoms with Crippen molar-refractivity contribution < 1.29 is 34.9 Å². The lowest BCUT2D eigenvalue weighted by Gasteiger charge is -2.25. The van der Waals surface area contributed by atoms with Crippen LogP contribution in [-0.4, -0.2) is 44.5 Å². The highest BCUT2D eigenvalue weighted by Crippen LogP contribution is 2.23. The molecule has 1 aromatic rings. The van der Waals surface area contributed by atoms with Crippen LogP contribution in [0.1, 0.15) is 22.3 Å². The number of aromatic carboxylic acids is 1. The summed E-state index contributed by atoms with van der Waals surface area (Å²) in [5.74, 6) is -4.18. The Morgan fingerprint density at radius 2 is 1.80 bits per heavy atom. The number of hydrogen-bond donors (Lipinski definition) is 4. The third-order valence-corrected chi connectivity index (χ3v) is 2.65. The Balaban J connectivity index is 3.19. The minimum absolute atomic E-state index is 0.0708. The van der Waals surface area contributed by atoms with Gasteiger partial charge in [-0.2, -0.15) is 0 Å². The van der Waals surface area contributed by atoms with Gasteiger partial charge >= 0.3 is 17.9 Å². The third-order valence-electron chi connectivity index (χ3n) is 2.65. The molecule has 0 bridgehead atoms. The third kappa shape index (κ3) is 3.45. The van der Waals surface area contributed by atoms with Gasteiger partial charge in [0, 0.05) is 0 Å². The lowest BCUT2D eigenvalue weighted by molar-refractivity contribution is -0.146. The van der Waals surface area contributed by atoms with E-state index >= 15 is 0 Å². The highest BCUT2D eigenvalue weighted by molar-refractivity contribution is 5.90. The molecule has 0 saturated carbocycles. The smallest absolute Gasteiger partial charge is 0.335 e. The zero-order chi connectivity index (χ0) is 15.4. The molecule has 4 N–H and O–H groups in total. The summed E-state index contributed by atoms with van der Waals surface area (Å²) in [6.45, 7) is 1.53. The van der Waals surface area contributed by atoms with Crippen LogP contribution in [0.5, 0.6) is 0 Å². The van der Waals surface area contributed by atoms with Crippen molar-refractivity contribution in [2.24, 2.45) is 0 Å². The first-order valence-corrected chi connectivity index (χ1v) is 5.50. The van der Waals surface area contributed by atoms with Crippen LogP contribution in [-0.2, 0) is 9.59 Å². The second-order valence-corrected chi connectivity index (χ2v) is 4.10. The zero-order valence-electron chi connectivity index (χ0n) is 10.5. The maximum Gasteiger partial charge on any atom is 0.335 e. The van der Waals surface area contributed by atoms with Crippen molar-refractivity contribution in [3.8, 4) is 0 Å². The Morgan fingerprint density at radius 3 is 2.25 bits per heavy atom. The molecule has 0 aromatic heterocycles. The lowest BCUT2D eigenvalue weighted by atomic mass is 10.1. The van der Waals surface area contributed by atoms with Gasteiger partial charge in [0.2, 0.25) is 0 Å². The van der Waals surface area contributed by atoms with E-state index in [0.29, 0.717) is 5.56 Å². The summed E-state index contributed by atoms with van der Waals surface area (Å²) in [6.07, 6.45) is -0.831. The summed E-state index contributed by atoms with van der Waals surface area (Å²) >= 11 is 0. The normalized spacial score (nSPS) is 11.7. The number of aliphatic carboxylic acids is 2. The average Bonchev–Trinajstić information content (AvgIpc) is 2.34. The standard InChI is InChI=1S/C12H13NO7/c1-6-2-3-7(11(16)17)4-8(6)13(20)9(12(18)19)5-10(14)15/h2-4,9,20H,5H2,1H3,(H,14,15)(H,16,17)(H,18,19)/t9-/m0/s1. The number of carboxylic acids is 3. The topological polar surface area (TPSA) is 135 Å². The van der Waals surface area contributed by atoms with Gasteiger partial charge in [-0.25, -0.2) is 14.7 Å². The van der Waals surface area contributed by atoms with E-state index in [9.17, 15) is 19.6 Å². The van der Waals surface area contributed by atoms with Crippen LogP contribution in [0.4, 0.5) is 5.69 Å². The molecule has 0 radical (unpaired) electrons. The number of rotatable bonds is 6. The van der Waals surface area contributed by atoms with Crippen molar-refractivity contribution in [2.75, 3.05) is 5.06 Å². The summed E-state index contributed by atoms with van der Waals surface area (Å²) in [5.41, 5.74) is 0.191. The first kappa shape index (κ1) is 15.4. The minimum Gasteiger partial charge on any atom is -0.481 e. The number of benzene rings is 1. The second-order valence-electron chi connectivity index (χ2n) is 4.10. The largest absolute Gasteiger partial charge is 0.481 e. The van der Waals surface area contributed by atoms with E-state index in [1.54, 1.807) is 0 Å². The van der Waals surface area contributed by atoms with E-state index in [2.05, 4.69) is 0 Å². The van der Waals surface area contributed by atoms with E-state index in [4.69, 9.17) is 15.3 Å². The SMILES string of the molecule is Cc1ccc(C(=O)O)cc1N(O)[C@@H](CC(=O)O)C(=O)O. The molecule has 0 heterocycles. The predicted octanol–water partition coefficient (Wildman–Crippen LogP) is 0.817. The van der Waals surface area contributed by atoms with Gasteiger partial charge in [0.15, 0.2) is 6.04 Å². The van der Waals surface area contributed by atoms with Crippen molar-refractivity contribution in [1.29, 1.82) is 0 Å². The predicted molar refractivity (Wildman–Crippen MR) is 66.1 cm³/mol. The quantitative estimate of drug-likeness (QED) is 0.563. The molecule has 0 aliphatic rings. The van der Waals surface area contributed by atoms with Crippen molar-refractivity contribution in [2.45, 2.75) is 19.4 Å². The Morgan fingerprint density at radius 1 is 1.20 bits per heavy atom. The second kappa shape index (κ2) is 6.02. The molecule has 0 unspecified atom stereocenters. The van der Waals surface area contributed by atoms with Gasteiger partial charge in [0.05, 0.1) is 17.7 Å². The molecule has 0 amide bonds. The van der Waals surface area contributed by atoms with Crippen LogP contribution in [0.3, 0.4) is 0 Å². The van der Waals surface area contributed by atoms with Crippen LogP contribution in [0, 0.1) is 6.92 Å². The van der Waals surface area contributed by atoms with Crippen LogP contribution >= 0.6 is 0 Å². The van der Waals surface area contributed by atoms with Gasteiger partial charge in [-0.1, -0.05) is 6.07 Å². The van der Waals surface area contributed by atoms with Gasteiger partial charge < -0.3 is 15.3 Å². The fourth-order valence-electron chi connectivity index (χ4n) is 1.60. The Bertz CT molecular complexity index is 555. The van der Waals surface area contributed by atoms with Gasteiger partial charge in [0.25, 0.3) is 0 Å². The first-order chi connectivity index (χ1) is 9.23. The highest BCUT2D eigenvalue weighted by atomic mass is 16.5. The zero-order valence-corrected chi connectivity index (χ0v) is 10.5. The van der Waals surface area contributed by atoms with Gasteiger partial charge in [-0.05, 0) is 24.6 Å². The van der Waals surface area contributed by atoms with Crippen molar-refractivity contribution in [3.05, 3.63) is 29.3 Å². The Hall–Kier alpha value is -2.61. The number of nitrogens with zero attached hydrogens (tertiary/aromatic N) is 1. The molecular weight excluding hydrogens is 270 g/mol. The van der Waals surface area contributed by atoms with Crippen molar-refractivity contribution in [1.82, 2.24) is 0 Å². The molecule has 1 atom stereocenters. The summed E-state index contributed by atoms with van der Waals surface area (Å²) in [7, 11) is 0. The molecule has 0 aliphatic heterocycles. The van der Waals surface area contributed by atoms with Crippen LogP contribution in [0.25, 0.3) is 0 Å². The molecule has 1 rings (SSSR count). The van der Waals surface area contributed by atoms with Gasteiger partial charge in [-0.15, -0.1) is 0 Å². The summed E-state index contributed by atoms with van der Waals surface area (Å²) in [6, 6.07) is 2.05. The molecule has 8 nitrogen and oxygen atoms in total. The fraction of sp³-hybridized carbons (Fsp3) is 0.250. The summed E-state index contributed by atoms with van der Waals surface area (Å²) < 4.78 is 0. The van der Waals surface area contributed by atoms with Crippen molar-refractivity contribution in [3.63, 3.8) is 0 Å². The monoisotopic (exact) mass is 283 g/mol. The molecule has 20 heavy (non-hydrogen) atoms. The molecule has 1 aromatic carbocycles. The molecular formula is C12H13NO7. The molecule has 0 aliphatic carbocycles. The van der Waals surface area contributed by atoms with Crippen LogP contribution < -0.4 is 5.06 Å². The van der Waals surface area contributed by atoms with E-state index in [1.165, 1.54) is 19.1 Å². The first-order valence-electron chi connectivity index (χ1n) is 5.50. The van der Waals surface area contributed by atoms with Crippen LogP contribution in [0.15, 0.2) is 18.2 Å². The lowest BCUT2D eigenvalue weighted by Crippen LogP contribution is -2.41. The fourth-order valence-corrected chi connectivity index (χ4v) is 1.60. The van der Waals surface area contributed by atoms with E-state index in [0.717, 1.165) is 6.07 Å². The van der Waals surface area contributed by atoms with Gasteiger partial charge in [-0.3, -0.25) is 10.0 Å². The molecule has 108 valence electrons. The number of aryl methyl sites for hydroxylation is 1. The maximum absolute atomic E-state index is 11.0. The van der Waals surface area contributed by atoms with Crippen LogP contribution in [0.2, 0.25) is 0 Å². The number of hydrogen-bond acceptors (Lipinski definition) is 5. The Kier molecular flexibility index (Phi) is 4.65. The van der Waals surface area contributed by atoms with E-state index in [-0.39, 0.29) is 16.3 Å². The highest BCUT2D eigenvalue weighted by Gasteiger charge is 2.29. The Labute approximate surface area is 113 Å². The molecule has 8 heteroatoms. The number of carboxylic acid groups (broad SMARTS) is 3. The van der Waals surface area contributed by atoms with Gasteiger partial charge in [0.1, 0.15) is 0 Å². The summed E-state index contributed by atoms with van der Waals surface area (Å²) in [4.78, 5) is 32.5. The molecule has 0 saturated heterocycles. The number of anilines is 1. The minimum atomic E-state index is -1.71. The van der Waals surface area contributed by atoms with E-state index in [1.807, 2.05) is 0 Å². The maximum atomic E-state index is 11.0. The molecule has 0 fully saturated rings. The number of carbonyl (C=O) groups is 3. The van der Waals surface area contributed by atoms with Crippen molar-refractivity contribution >= 4 is 23.6 Å².